The number of benzene rings is 1. The van der Waals surface area contributed by atoms with Crippen molar-refractivity contribution in [2.24, 2.45) is 10.7 Å². The van der Waals surface area contributed by atoms with Crippen molar-refractivity contribution in [1.82, 2.24) is 24.2 Å². The minimum atomic E-state index is -4.64. The number of fused-ring (bicyclic) bond motifs is 1. The summed E-state index contributed by atoms with van der Waals surface area (Å²) in [5, 5.41) is 3.80. The number of amides is 1. The molecule has 11 heteroatoms. The second kappa shape index (κ2) is 10.2. The molecule has 1 aliphatic heterocycles. The monoisotopic (exact) mass is 513 g/mol. The fraction of sp³-hybridized carbons (Fsp3) is 0.385. The van der Waals surface area contributed by atoms with Gasteiger partial charge in [-0.1, -0.05) is 0 Å². The van der Waals surface area contributed by atoms with Crippen molar-refractivity contribution in [3.8, 4) is 11.1 Å². The number of aryl methyl sites for hydroxylation is 2. The molecular formula is C26H30F3N7O. The van der Waals surface area contributed by atoms with Crippen LogP contribution >= 0.6 is 0 Å². The molecule has 0 radical (unpaired) electrons. The fourth-order valence-electron chi connectivity index (χ4n) is 4.58. The van der Waals surface area contributed by atoms with Crippen LogP contribution in [-0.2, 0) is 25.7 Å². The number of carbonyl (C=O) groups excluding carboxylic acids is 1. The molecule has 0 aliphatic carbocycles. The highest BCUT2D eigenvalue weighted by Crippen LogP contribution is 2.40. The first-order valence-corrected chi connectivity index (χ1v) is 12.0. The zero-order chi connectivity index (χ0) is 26.9. The lowest BCUT2D eigenvalue weighted by Gasteiger charge is -2.31. The van der Waals surface area contributed by atoms with Gasteiger partial charge in [0.1, 0.15) is 5.82 Å². The van der Waals surface area contributed by atoms with Gasteiger partial charge in [0.2, 0.25) is 0 Å². The van der Waals surface area contributed by atoms with Gasteiger partial charge in [0.05, 0.1) is 0 Å². The van der Waals surface area contributed by atoms with Gasteiger partial charge in [0.15, 0.2) is 5.69 Å². The number of nitrogens with two attached hydrogens (primary N) is 1. The number of rotatable bonds is 7. The Morgan fingerprint density at radius 3 is 2.57 bits per heavy atom. The van der Waals surface area contributed by atoms with Crippen LogP contribution in [0.15, 0.2) is 47.0 Å². The number of imidazole rings is 1. The number of alkyl halides is 3. The first-order valence-electron chi connectivity index (χ1n) is 12.0. The summed E-state index contributed by atoms with van der Waals surface area (Å²) in [6.07, 6.45) is 2.25. The lowest BCUT2D eigenvalue weighted by atomic mass is 9.88. The third-order valence-electron chi connectivity index (χ3n) is 6.53. The van der Waals surface area contributed by atoms with Gasteiger partial charge in [-0.05, 0) is 56.0 Å². The Kier molecular flexibility index (Phi) is 7.24. The molecule has 8 nitrogen and oxygen atoms in total. The molecule has 3 aromatic rings. The zero-order valence-corrected chi connectivity index (χ0v) is 21.3. The zero-order valence-electron chi connectivity index (χ0n) is 21.3. The van der Waals surface area contributed by atoms with Crippen molar-refractivity contribution < 1.29 is 18.0 Å². The largest absolute Gasteiger partial charge is 0.435 e. The van der Waals surface area contributed by atoms with Crippen LogP contribution < -0.4 is 5.73 Å². The minimum absolute atomic E-state index is 0.0208. The maximum atomic E-state index is 14.0. The van der Waals surface area contributed by atoms with E-state index in [9.17, 15) is 18.0 Å². The molecule has 1 aromatic carbocycles. The van der Waals surface area contributed by atoms with E-state index < -0.39 is 11.9 Å². The Labute approximate surface area is 213 Å². The minimum Gasteiger partial charge on any atom is -0.402 e. The van der Waals surface area contributed by atoms with E-state index in [0.717, 1.165) is 5.82 Å². The molecule has 37 heavy (non-hydrogen) atoms. The second-order valence-electron chi connectivity index (χ2n) is 9.09. The molecule has 1 aliphatic rings. The predicted octanol–water partition coefficient (Wildman–Crippen LogP) is 4.07. The maximum Gasteiger partial charge on any atom is 0.435 e. The molecule has 3 heterocycles. The number of nitrogens with zero attached hydrogens (tertiary/aromatic N) is 6. The molecule has 0 unspecified atom stereocenters. The van der Waals surface area contributed by atoms with Gasteiger partial charge in [0, 0.05) is 80.4 Å². The van der Waals surface area contributed by atoms with Crippen LogP contribution in [0, 0.1) is 6.92 Å². The normalized spacial score (nSPS) is 14.9. The third kappa shape index (κ3) is 5.30. The van der Waals surface area contributed by atoms with Crippen LogP contribution in [0.25, 0.3) is 11.1 Å². The summed E-state index contributed by atoms with van der Waals surface area (Å²) < 4.78 is 45.2. The standard InChI is InChI=1S/C26H30F3N7O/c1-5-36-15-23(24(33-36)26(27,28)29)21-10-18(13-34-9-7-32-17(34)3)11-22-20(21)6-8-35(25(22)37)14-19(12-31-4)16(2)30/h7,9-12,15H,5-6,8,13-14,30H2,1-4H3/b19-16+,31-12?. The van der Waals surface area contributed by atoms with E-state index in [2.05, 4.69) is 15.1 Å². The second-order valence-corrected chi connectivity index (χ2v) is 9.09. The summed E-state index contributed by atoms with van der Waals surface area (Å²) in [4.78, 5) is 23.6. The predicted molar refractivity (Wildman–Crippen MR) is 135 cm³/mol. The van der Waals surface area contributed by atoms with Gasteiger partial charge in [-0.3, -0.25) is 14.5 Å². The van der Waals surface area contributed by atoms with Crippen LogP contribution in [-0.4, -0.2) is 56.5 Å². The number of halogens is 3. The number of allylic oxidation sites excluding steroid dienone is 1. The first-order chi connectivity index (χ1) is 17.5. The summed E-state index contributed by atoms with van der Waals surface area (Å²) >= 11 is 0. The highest BCUT2D eigenvalue weighted by atomic mass is 19.4. The topological polar surface area (TPSA) is 94.3 Å². The Morgan fingerprint density at radius 2 is 1.97 bits per heavy atom. The van der Waals surface area contributed by atoms with Crippen molar-refractivity contribution in [2.45, 2.75) is 46.5 Å². The Bertz CT molecular complexity index is 1380. The van der Waals surface area contributed by atoms with Crippen molar-refractivity contribution in [3.63, 3.8) is 0 Å². The Balaban J connectivity index is 1.87. The van der Waals surface area contributed by atoms with E-state index in [-0.39, 0.29) is 18.0 Å². The van der Waals surface area contributed by atoms with E-state index in [0.29, 0.717) is 59.6 Å². The molecular weight excluding hydrogens is 483 g/mol. The maximum absolute atomic E-state index is 14.0. The van der Waals surface area contributed by atoms with Crippen molar-refractivity contribution in [1.29, 1.82) is 0 Å². The van der Waals surface area contributed by atoms with E-state index in [1.165, 1.54) is 10.9 Å². The van der Waals surface area contributed by atoms with Gasteiger partial charge >= 0.3 is 6.18 Å². The summed E-state index contributed by atoms with van der Waals surface area (Å²) in [6.45, 7) is 6.58. The molecule has 0 bridgehead atoms. The molecule has 196 valence electrons. The van der Waals surface area contributed by atoms with Crippen LogP contribution in [0.5, 0.6) is 0 Å². The molecule has 0 saturated heterocycles. The first kappa shape index (κ1) is 26.2. The average molecular weight is 514 g/mol. The smallest absolute Gasteiger partial charge is 0.402 e. The van der Waals surface area contributed by atoms with Gasteiger partial charge in [-0.25, -0.2) is 4.98 Å². The number of aromatic nitrogens is 4. The number of hydrogen-bond donors (Lipinski definition) is 1. The quantitative estimate of drug-likeness (QED) is 0.482. The number of hydrogen-bond acceptors (Lipinski definition) is 5. The highest BCUT2D eigenvalue weighted by molar-refractivity contribution is 6.00. The van der Waals surface area contributed by atoms with Gasteiger partial charge in [-0.2, -0.15) is 18.3 Å². The molecule has 2 N–H and O–H groups in total. The summed E-state index contributed by atoms with van der Waals surface area (Å²) in [6, 6.07) is 3.52. The lowest BCUT2D eigenvalue weighted by Crippen LogP contribution is -2.39. The lowest BCUT2D eigenvalue weighted by molar-refractivity contribution is -0.141. The van der Waals surface area contributed by atoms with Crippen LogP contribution in [0.3, 0.4) is 0 Å². The molecule has 4 rings (SSSR count). The van der Waals surface area contributed by atoms with E-state index >= 15 is 0 Å². The third-order valence-corrected chi connectivity index (χ3v) is 6.53. The average Bonchev–Trinajstić information content (AvgIpc) is 3.46. The van der Waals surface area contributed by atoms with E-state index in [1.54, 1.807) is 56.5 Å². The summed E-state index contributed by atoms with van der Waals surface area (Å²) in [5.74, 6) is 0.500. The molecule has 0 fully saturated rings. The van der Waals surface area contributed by atoms with Crippen LogP contribution in [0.2, 0.25) is 0 Å². The molecule has 2 aromatic heterocycles. The molecule has 0 atom stereocenters. The van der Waals surface area contributed by atoms with Gasteiger partial charge in [-0.15, -0.1) is 0 Å². The molecule has 0 spiro atoms. The van der Waals surface area contributed by atoms with Gasteiger partial charge < -0.3 is 15.2 Å². The van der Waals surface area contributed by atoms with Crippen molar-refractivity contribution >= 4 is 12.1 Å². The molecule has 1 amide bonds. The molecule has 0 saturated carbocycles. The van der Waals surface area contributed by atoms with Gasteiger partial charge in [0.25, 0.3) is 5.91 Å². The van der Waals surface area contributed by atoms with Crippen LogP contribution in [0.1, 0.15) is 46.9 Å². The van der Waals surface area contributed by atoms with E-state index in [1.807, 2.05) is 11.5 Å². The SMILES string of the molecule is CCn1cc(-c2cc(Cn3ccnc3C)cc3c2CCN(C/C(C=NC)=C(\C)N)C3=O)c(C(F)(F)F)n1. The highest BCUT2D eigenvalue weighted by Gasteiger charge is 2.39. The fourth-order valence-corrected chi connectivity index (χ4v) is 4.58. The number of aliphatic imine (C=N–C) groups is 1. The van der Waals surface area contributed by atoms with E-state index in [4.69, 9.17) is 5.73 Å². The summed E-state index contributed by atoms with van der Waals surface area (Å²) in [7, 11) is 1.63. The van der Waals surface area contributed by atoms with Crippen molar-refractivity contribution in [3.05, 3.63) is 70.2 Å². The summed E-state index contributed by atoms with van der Waals surface area (Å²) in [5.41, 5.74) is 8.34. The number of carbonyl (C=O) groups is 1. The van der Waals surface area contributed by atoms with Crippen LogP contribution in [0.4, 0.5) is 13.2 Å². The van der Waals surface area contributed by atoms with Crippen molar-refractivity contribution in [2.75, 3.05) is 20.1 Å². The Hall–Kier alpha value is -3.89. The Morgan fingerprint density at radius 1 is 1.24 bits per heavy atom.